The van der Waals surface area contributed by atoms with Crippen LogP contribution in [0.15, 0.2) is 23.2 Å². The summed E-state index contributed by atoms with van der Waals surface area (Å²) in [5, 5.41) is 3.05. The van der Waals surface area contributed by atoms with Crippen molar-refractivity contribution in [3.63, 3.8) is 0 Å². The van der Waals surface area contributed by atoms with Gasteiger partial charge in [0.05, 0.1) is 0 Å². The molecule has 1 aliphatic rings. The van der Waals surface area contributed by atoms with Crippen LogP contribution in [0.5, 0.6) is 0 Å². The summed E-state index contributed by atoms with van der Waals surface area (Å²) in [7, 11) is -3.47. The highest BCUT2D eigenvalue weighted by Crippen LogP contribution is 2.26. The zero-order chi connectivity index (χ0) is 13.7. The van der Waals surface area contributed by atoms with Gasteiger partial charge in [-0.3, -0.25) is 0 Å². The number of hydrogen-bond donors (Lipinski definition) is 2. The van der Waals surface area contributed by atoms with Crippen LogP contribution in [0.2, 0.25) is 0 Å². The summed E-state index contributed by atoms with van der Waals surface area (Å²) in [4.78, 5) is 4.35. The Morgan fingerprint density at radius 2 is 2.21 bits per heavy atom. The van der Waals surface area contributed by atoms with E-state index in [1.54, 1.807) is 18.3 Å². The van der Waals surface area contributed by atoms with Gasteiger partial charge in [-0.15, -0.1) is 0 Å². The zero-order valence-electron chi connectivity index (χ0n) is 11.2. The van der Waals surface area contributed by atoms with Gasteiger partial charge < -0.3 is 5.32 Å². The predicted molar refractivity (Wildman–Crippen MR) is 75.5 cm³/mol. The Labute approximate surface area is 114 Å². The maximum atomic E-state index is 12.3. The fraction of sp³-hybridized carbons (Fsp3) is 0.615. The first-order chi connectivity index (χ1) is 9.13. The third-order valence-corrected chi connectivity index (χ3v) is 4.84. The Kier molecular flexibility index (Phi) is 4.76. The summed E-state index contributed by atoms with van der Waals surface area (Å²) < 4.78 is 27.2. The molecule has 106 valence electrons. The van der Waals surface area contributed by atoms with Gasteiger partial charge in [-0.2, -0.15) is 0 Å². The van der Waals surface area contributed by atoms with Gasteiger partial charge in [-0.25, -0.2) is 18.1 Å². The lowest BCUT2D eigenvalue weighted by atomic mass is 9.86. The molecule has 1 aromatic rings. The number of nitrogens with one attached hydrogen (secondary N) is 2. The molecule has 19 heavy (non-hydrogen) atoms. The van der Waals surface area contributed by atoms with E-state index in [0.717, 1.165) is 19.3 Å². The maximum Gasteiger partial charge on any atom is 0.244 e. The van der Waals surface area contributed by atoms with Crippen molar-refractivity contribution in [2.24, 2.45) is 5.92 Å². The van der Waals surface area contributed by atoms with Crippen LogP contribution in [0.3, 0.4) is 0 Å². The van der Waals surface area contributed by atoms with E-state index in [1.807, 2.05) is 6.92 Å². The Bertz CT molecular complexity index is 512. The van der Waals surface area contributed by atoms with Crippen LogP contribution in [0, 0.1) is 5.92 Å². The van der Waals surface area contributed by atoms with Crippen molar-refractivity contribution < 1.29 is 8.42 Å². The van der Waals surface area contributed by atoms with Crippen molar-refractivity contribution in [1.29, 1.82) is 0 Å². The minimum absolute atomic E-state index is 0.239. The van der Waals surface area contributed by atoms with Crippen LogP contribution < -0.4 is 10.0 Å². The standard InChI is InChI=1S/C13H21N3O2S/c1-2-8-14-13-12(7-4-9-15-13)19(17,18)16-10-11-5-3-6-11/h4,7,9,11,16H,2-3,5-6,8,10H2,1H3,(H,14,15). The second kappa shape index (κ2) is 6.34. The van der Waals surface area contributed by atoms with Crippen LogP contribution in [0.4, 0.5) is 5.82 Å². The summed E-state index contributed by atoms with van der Waals surface area (Å²) in [6.07, 6.45) is 5.98. The molecule has 1 aromatic heterocycles. The second-order valence-electron chi connectivity index (χ2n) is 4.93. The van der Waals surface area contributed by atoms with Gasteiger partial charge in [0.1, 0.15) is 10.7 Å². The van der Waals surface area contributed by atoms with E-state index in [9.17, 15) is 8.42 Å². The molecule has 0 amide bonds. The molecule has 0 bridgehead atoms. The molecule has 0 radical (unpaired) electrons. The largest absolute Gasteiger partial charge is 0.369 e. The van der Waals surface area contributed by atoms with Crippen molar-refractivity contribution in [3.05, 3.63) is 18.3 Å². The first kappa shape index (κ1) is 14.3. The van der Waals surface area contributed by atoms with E-state index in [2.05, 4.69) is 15.0 Å². The van der Waals surface area contributed by atoms with Crippen molar-refractivity contribution in [1.82, 2.24) is 9.71 Å². The summed E-state index contributed by atoms with van der Waals surface area (Å²) in [6, 6.07) is 3.24. The number of aromatic nitrogens is 1. The number of sulfonamides is 1. The van der Waals surface area contributed by atoms with Gasteiger partial charge in [0.25, 0.3) is 0 Å². The molecule has 6 heteroatoms. The summed E-state index contributed by atoms with van der Waals surface area (Å²) in [6.45, 7) is 3.27. The van der Waals surface area contributed by atoms with Gasteiger partial charge in [-0.05, 0) is 37.3 Å². The second-order valence-corrected chi connectivity index (χ2v) is 6.66. The maximum absolute atomic E-state index is 12.3. The molecule has 0 aromatic carbocycles. The quantitative estimate of drug-likeness (QED) is 0.802. The smallest absolute Gasteiger partial charge is 0.244 e. The Hall–Kier alpha value is -1.14. The third-order valence-electron chi connectivity index (χ3n) is 3.39. The first-order valence-corrected chi connectivity index (χ1v) is 8.30. The molecule has 0 spiro atoms. The molecule has 0 saturated heterocycles. The third kappa shape index (κ3) is 3.67. The van der Waals surface area contributed by atoms with Crippen LogP contribution in [-0.4, -0.2) is 26.5 Å². The molecule has 1 aliphatic carbocycles. The average Bonchev–Trinajstić information content (AvgIpc) is 2.34. The highest BCUT2D eigenvalue weighted by molar-refractivity contribution is 7.89. The molecule has 0 atom stereocenters. The summed E-state index contributed by atoms with van der Waals surface area (Å²) in [5.41, 5.74) is 0. The molecule has 0 unspecified atom stereocenters. The lowest BCUT2D eigenvalue weighted by Crippen LogP contribution is -2.32. The number of rotatable bonds is 7. The molecular formula is C13H21N3O2S. The highest BCUT2D eigenvalue weighted by Gasteiger charge is 2.23. The number of hydrogen-bond acceptors (Lipinski definition) is 4. The van der Waals surface area contributed by atoms with E-state index in [-0.39, 0.29) is 4.90 Å². The summed E-state index contributed by atoms with van der Waals surface area (Å²) >= 11 is 0. The van der Waals surface area contributed by atoms with Crippen molar-refractivity contribution >= 4 is 15.8 Å². The molecule has 5 nitrogen and oxygen atoms in total. The lowest BCUT2D eigenvalue weighted by molar-refractivity contribution is 0.316. The molecule has 1 fully saturated rings. The van der Waals surface area contributed by atoms with Crippen LogP contribution >= 0.6 is 0 Å². The monoisotopic (exact) mass is 283 g/mol. The first-order valence-electron chi connectivity index (χ1n) is 6.82. The van der Waals surface area contributed by atoms with Crippen LogP contribution in [0.25, 0.3) is 0 Å². The fourth-order valence-corrected chi connectivity index (χ4v) is 3.23. The van der Waals surface area contributed by atoms with Gasteiger partial charge in [0.15, 0.2) is 0 Å². The molecular weight excluding hydrogens is 262 g/mol. The molecule has 2 N–H and O–H groups in total. The average molecular weight is 283 g/mol. The van der Waals surface area contributed by atoms with Crippen molar-refractivity contribution in [3.8, 4) is 0 Å². The minimum Gasteiger partial charge on any atom is -0.369 e. The summed E-state index contributed by atoms with van der Waals surface area (Å²) in [5.74, 6) is 0.934. The van der Waals surface area contributed by atoms with E-state index >= 15 is 0 Å². The zero-order valence-corrected chi connectivity index (χ0v) is 12.0. The normalized spacial score (nSPS) is 16.1. The van der Waals surface area contributed by atoms with Crippen LogP contribution in [-0.2, 0) is 10.0 Å². The number of anilines is 1. The van der Waals surface area contributed by atoms with Crippen molar-refractivity contribution in [2.45, 2.75) is 37.5 Å². The molecule has 1 saturated carbocycles. The lowest BCUT2D eigenvalue weighted by Gasteiger charge is -2.25. The van der Waals surface area contributed by atoms with Crippen molar-refractivity contribution in [2.75, 3.05) is 18.4 Å². The Balaban J connectivity index is 2.09. The number of pyridine rings is 1. The highest BCUT2D eigenvalue weighted by atomic mass is 32.2. The fourth-order valence-electron chi connectivity index (χ4n) is 1.99. The SMILES string of the molecule is CCCNc1ncccc1S(=O)(=O)NCC1CCC1. The topological polar surface area (TPSA) is 71.1 Å². The van der Waals surface area contributed by atoms with Gasteiger partial charge in [0, 0.05) is 19.3 Å². The van der Waals surface area contributed by atoms with E-state index < -0.39 is 10.0 Å². The van der Waals surface area contributed by atoms with Gasteiger partial charge in [-0.1, -0.05) is 13.3 Å². The van der Waals surface area contributed by atoms with Crippen LogP contribution in [0.1, 0.15) is 32.6 Å². The minimum atomic E-state index is -3.47. The Morgan fingerprint density at radius 1 is 1.42 bits per heavy atom. The molecule has 2 rings (SSSR count). The Morgan fingerprint density at radius 3 is 2.84 bits per heavy atom. The molecule has 0 aliphatic heterocycles. The van der Waals surface area contributed by atoms with Gasteiger partial charge in [0.2, 0.25) is 10.0 Å². The van der Waals surface area contributed by atoms with E-state index in [4.69, 9.17) is 0 Å². The molecule has 1 heterocycles. The number of nitrogens with zero attached hydrogens (tertiary/aromatic N) is 1. The van der Waals surface area contributed by atoms with Gasteiger partial charge >= 0.3 is 0 Å². The predicted octanol–water partition coefficient (Wildman–Crippen LogP) is 1.98. The van der Waals surface area contributed by atoms with E-state index in [1.165, 1.54) is 6.42 Å². The van der Waals surface area contributed by atoms with E-state index in [0.29, 0.717) is 24.8 Å².